The first kappa shape index (κ1) is 20.2. The molecule has 31 heavy (non-hydrogen) atoms. The Bertz CT molecular complexity index is 1160. The molecule has 1 fully saturated rings. The molecule has 1 N–H and O–H groups in total. The average Bonchev–Trinajstić information content (AvgIpc) is 3.29. The van der Waals surface area contributed by atoms with Gasteiger partial charge in [0.05, 0.1) is 34.6 Å². The van der Waals surface area contributed by atoms with Crippen LogP contribution in [0.2, 0.25) is 0 Å². The number of allylic oxidation sites excluding steroid dienone is 2. The van der Waals surface area contributed by atoms with Gasteiger partial charge in [0, 0.05) is 30.8 Å². The average molecular weight is 442 g/mol. The molecule has 2 aromatic carbocycles. The summed E-state index contributed by atoms with van der Waals surface area (Å²) in [5.41, 5.74) is 2.49. The standard InChI is InChI=1S/C22H23N3O5S/c26-25(27)21-7-2-1-4-18(21)22-17-6-3-5-16(17)19-14-15(8-9-20(19)23-22)31(28,29)24-10-12-30-13-11-24/h1-5,7-9,14,16-17,22-23H,6,10-13H2. The van der Waals surface area contributed by atoms with E-state index in [0.29, 0.717) is 31.9 Å². The van der Waals surface area contributed by atoms with E-state index in [1.807, 2.05) is 6.07 Å². The predicted molar refractivity (Wildman–Crippen MR) is 115 cm³/mol. The van der Waals surface area contributed by atoms with Gasteiger partial charge in [-0.05, 0) is 36.1 Å². The van der Waals surface area contributed by atoms with Crippen LogP contribution in [0, 0.1) is 16.0 Å². The van der Waals surface area contributed by atoms with Gasteiger partial charge in [-0.2, -0.15) is 4.31 Å². The molecule has 0 aromatic heterocycles. The Morgan fingerprint density at radius 3 is 2.65 bits per heavy atom. The van der Waals surface area contributed by atoms with E-state index in [4.69, 9.17) is 4.74 Å². The number of fused-ring (bicyclic) bond motifs is 3. The third-order valence-corrected chi connectivity index (χ3v) is 8.31. The lowest BCUT2D eigenvalue weighted by atomic mass is 9.76. The topological polar surface area (TPSA) is 102 Å². The van der Waals surface area contributed by atoms with Gasteiger partial charge in [-0.15, -0.1) is 0 Å². The lowest BCUT2D eigenvalue weighted by molar-refractivity contribution is -0.385. The van der Waals surface area contributed by atoms with Crippen molar-refractivity contribution >= 4 is 21.4 Å². The van der Waals surface area contributed by atoms with Crippen LogP contribution in [-0.2, 0) is 14.8 Å². The molecule has 2 heterocycles. The maximum absolute atomic E-state index is 13.1. The Balaban J connectivity index is 1.54. The van der Waals surface area contributed by atoms with E-state index in [0.717, 1.165) is 17.7 Å². The third kappa shape index (κ3) is 3.42. The first-order chi connectivity index (χ1) is 15.0. The van der Waals surface area contributed by atoms with Crippen LogP contribution in [0.1, 0.15) is 29.5 Å². The van der Waals surface area contributed by atoms with Crippen molar-refractivity contribution in [1.82, 2.24) is 4.31 Å². The minimum atomic E-state index is -3.60. The number of morpholine rings is 1. The van der Waals surface area contributed by atoms with Crippen molar-refractivity contribution in [2.45, 2.75) is 23.3 Å². The van der Waals surface area contributed by atoms with Gasteiger partial charge >= 0.3 is 0 Å². The zero-order valence-corrected chi connectivity index (χ0v) is 17.6. The van der Waals surface area contributed by atoms with Crippen molar-refractivity contribution in [3.8, 4) is 0 Å². The van der Waals surface area contributed by atoms with Crippen molar-refractivity contribution in [3.63, 3.8) is 0 Å². The molecular weight excluding hydrogens is 418 g/mol. The Morgan fingerprint density at radius 2 is 1.87 bits per heavy atom. The lowest BCUT2D eigenvalue weighted by Crippen LogP contribution is -2.40. The van der Waals surface area contributed by atoms with E-state index in [1.54, 1.807) is 30.3 Å². The smallest absolute Gasteiger partial charge is 0.274 e. The Morgan fingerprint density at radius 1 is 1.10 bits per heavy atom. The highest BCUT2D eigenvalue weighted by Crippen LogP contribution is 2.51. The summed E-state index contributed by atoms with van der Waals surface area (Å²) in [6.45, 7) is 1.50. The van der Waals surface area contributed by atoms with E-state index in [1.165, 1.54) is 10.4 Å². The largest absolute Gasteiger partial charge is 0.379 e. The number of rotatable bonds is 4. The summed E-state index contributed by atoms with van der Waals surface area (Å²) in [5, 5.41) is 15.1. The van der Waals surface area contributed by atoms with Crippen LogP contribution < -0.4 is 5.32 Å². The fraction of sp³-hybridized carbons (Fsp3) is 0.364. The molecule has 3 atom stereocenters. The van der Waals surface area contributed by atoms with Gasteiger partial charge in [0.25, 0.3) is 5.69 Å². The molecule has 0 radical (unpaired) electrons. The molecule has 0 saturated carbocycles. The molecule has 8 nitrogen and oxygen atoms in total. The van der Waals surface area contributed by atoms with Gasteiger partial charge in [0.1, 0.15) is 0 Å². The number of sulfonamides is 1. The van der Waals surface area contributed by atoms with Gasteiger partial charge in [0.2, 0.25) is 10.0 Å². The molecule has 9 heteroatoms. The molecule has 3 aliphatic rings. The molecule has 2 aromatic rings. The zero-order valence-electron chi connectivity index (χ0n) is 16.8. The maximum Gasteiger partial charge on any atom is 0.274 e. The van der Waals surface area contributed by atoms with Gasteiger partial charge in [-0.1, -0.05) is 30.4 Å². The number of nitro groups is 1. The molecule has 0 spiro atoms. The van der Waals surface area contributed by atoms with Gasteiger partial charge in [-0.3, -0.25) is 10.1 Å². The fourth-order valence-electron chi connectivity index (χ4n) is 4.89. The molecule has 1 saturated heterocycles. The van der Waals surface area contributed by atoms with Crippen molar-refractivity contribution in [2.75, 3.05) is 31.6 Å². The minimum Gasteiger partial charge on any atom is -0.379 e. The number of nitro benzene ring substituents is 1. The van der Waals surface area contributed by atoms with Gasteiger partial charge < -0.3 is 10.1 Å². The first-order valence-corrected chi connectivity index (χ1v) is 11.8. The molecule has 5 rings (SSSR count). The summed E-state index contributed by atoms with van der Waals surface area (Å²) in [6.07, 6.45) is 4.95. The number of ether oxygens (including phenoxy) is 1. The molecule has 0 bridgehead atoms. The lowest BCUT2D eigenvalue weighted by Gasteiger charge is -2.37. The first-order valence-electron chi connectivity index (χ1n) is 10.3. The number of anilines is 1. The van der Waals surface area contributed by atoms with Crippen LogP contribution in [0.3, 0.4) is 0 Å². The van der Waals surface area contributed by atoms with Crippen LogP contribution in [0.15, 0.2) is 59.5 Å². The molecular formula is C22H23N3O5S. The van der Waals surface area contributed by atoms with Crippen molar-refractivity contribution < 1.29 is 18.1 Å². The van der Waals surface area contributed by atoms with Gasteiger partial charge in [0.15, 0.2) is 0 Å². The van der Waals surface area contributed by atoms with Crippen LogP contribution in [0.5, 0.6) is 0 Å². The van der Waals surface area contributed by atoms with E-state index >= 15 is 0 Å². The highest BCUT2D eigenvalue weighted by atomic mass is 32.2. The Hall–Kier alpha value is -2.75. The second-order valence-corrected chi connectivity index (χ2v) is 9.99. The van der Waals surface area contributed by atoms with E-state index in [2.05, 4.69) is 17.5 Å². The Kier molecular flexibility index (Phi) is 5.04. The van der Waals surface area contributed by atoms with Crippen LogP contribution in [-0.4, -0.2) is 43.9 Å². The quantitative estimate of drug-likeness (QED) is 0.443. The van der Waals surface area contributed by atoms with Crippen LogP contribution >= 0.6 is 0 Å². The van der Waals surface area contributed by atoms with Crippen molar-refractivity contribution in [3.05, 3.63) is 75.9 Å². The highest BCUT2D eigenvalue weighted by Gasteiger charge is 2.41. The van der Waals surface area contributed by atoms with Crippen molar-refractivity contribution in [1.29, 1.82) is 0 Å². The van der Waals surface area contributed by atoms with E-state index in [-0.39, 0.29) is 33.4 Å². The van der Waals surface area contributed by atoms with Gasteiger partial charge in [-0.25, -0.2) is 8.42 Å². The summed E-state index contributed by atoms with van der Waals surface area (Å²) in [5.74, 6) is 0.0795. The highest BCUT2D eigenvalue weighted by molar-refractivity contribution is 7.89. The molecule has 2 aliphatic heterocycles. The second kappa shape index (κ2) is 7.74. The number of hydrogen-bond acceptors (Lipinski definition) is 6. The molecule has 1 aliphatic carbocycles. The summed E-state index contributed by atoms with van der Waals surface area (Å²) < 4.78 is 33.0. The van der Waals surface area contributed by atoms with Crippen LogP contribution in [0.4, 0.5) is 11.4 Å². The SMILES string of the molecule is O=[N+]([O-])c1ccccc1C1Nc2ccc(S(=O)(=O)N3CCOCC3)cc2C2C=CCC21. The Labute approximate surface area is 180 Å². The number of nitrogens with one attached hydrogen (secondary N) is 1. The number of hydrogen-bond donors (Lipinski definition) is 1. The molecule has 3 unspecified atom stereocenters. The summed E-state index contributed by atoms with van der Waals surface area (Å²) in [4.78, 5) is 11.5. The zero-order chi connectivity index (χ0) is 21.6. The normalized spacial score (nSPS) is 25.5. The third-order valence-electron chi connectivity index (χ3n) is 6.41. The molecule has 162 valence electrons. The molecule has 0 amide bonds. The number of benzene rings is 2. The monoisotopic (exact) mass is 441 g/mol. The van der Waals surface area contributed by atoms with E-state index in [9.17, 15) is 18.5 Å². The summed E-state index contributed by atoms with van der Waals surface area (Å²) in [7, 11) is -3.60. The second-order valence-electron chi connectivity index (χ2n) is 8.06. The van der Waals surface area contributed by atoms with Crippen molar-refractivity contribution in [2.24, 2.45) is 5.92 Å². The van der Waals surface area contributed by atoms with E-state index < -0.39 is 10.0 Å². The summed E-state index contributed by atoms with van der Waals surface area (Å²) in [6, 6.07) is 11.8. The van der Waals surface area contributed by atoms with Crippen LogP contribution in [0.25, 0.3) is 0 Å². The predicted octanol–water partition coefficient (Wildman–Crippen LogP) is 3.44. The number of nitrogens with zero attached hydrogens (tertiary/aromatic N) is 2. The minimum absolute atomic E-state index is 0.000833. The number of para-hydroxylation sites is 1. The maximum atomic E-state index is 13.1. The fourth-order valence-corrected chi connectivity index (χ4v) is 6.34. The summed E-state index contributed by atoms with van der Waals surface area (Å²) >= 11 is 0.